The zero-order valence-electron chi connectivity index (χ0n) is 19.5. The first-order valence-corrected chi connectivity index (χ1v) is 10.8. The van der Waals surface area contributed by atoms with Crippen molar-refractivity contribution in [2.24, 2.45) is 0 Å². The van der Waals surface area contributed by atoms with Crippen LogP contribution in [0.5, 0.6) is 0 Å². The molecule has 0 aliphatic heterocycles. The van der Waals surface area contributed by atoms with Gasteiger partial charge in [-0.15, -0.1) is 0 Å². The van der Waals surface area contributed by atoms with Crippen molar-refractivity contribution < 1.29 is 31.4 Å². The fourth-order valence-electron chi connectivity index (χ4n) is 4.10. The number of benzene rings is 2. The zero-order valence-corrected chi connectivity index (χ0v) is 21.1. The van der Waals surface area contributed by atoms with Crippen molar-refractivity contribution >= 4 is 39.1 Å². The lowest BCUT2D eigenvalue weighted by molar-refractivity contribution is -0.645. The van der Waals surface area contributed by atoms with Crippen molar-refractivity contribution in [1.29, 1.82) is 0 Å². The van der Waals surface area contributed by atoms with Crippen molar-refractivity contribution in [3.63, 3.8) is 0 Å². The molecule has 174 valence electrons. The second-order valence-corrected chi connectivity index (χ2v) is 8.56. The Bertz CT molecular complexity index is 1220. The van der Waals surface area contributed by atoms with Crippen LogP contribution >= 0.6 is 0 Å². The molecule has 0 spiro atoms. The van der Waals surface area contributed by atoms with E-state index in [0.717, 1.165) is 19.4 Å². The molecule has 2 aromatic heterocycles. The van der Waals surface area contributed by atoms with Crippen molar-refractivity contribution in [1.82, 2.24) is 9.55 Å². The highest BCUT2D eigenvalue weighted by Crippen LogP contribution is 2.25. The van der Waals surface area contributed by atoms with Gasteiger partial charge in [0.1, 0.15) is 12.2 Å². The maximum atomic E-state index is 11.3. The molecule has 4 aromatic rings. The summed E-state index contributed by atoms with van der Waals surface area (Å²) in [6.45, 7) is 1.48. The predicted octanol–water partition coefficient (Wildman–Crippen LogP) is 0.792. The molecule has 0 radical (unpaired) electrons. The Morgan fingerprint density at radius 3 is 2.03 bits per heavy atom. The molecule has 0 unspecified atom stereocenters. The number of fused-ring (bicyclic) bond motifs is 2. The summed E-state index contributed by atoms with van der Waals surface area (Å²) in [7, 11) is 8.23. The van der Waals surface area contributed by atoms with Crippen LogP contribution in [0.25, 0.3) is 21.8 Å². The molecule has 0 saturated carbocycles. The molecule has 4 rings (SSSR count). The molecule has 8 heteroatoms. The highest BCUT2D eigenvalue weighted by molar-refractivity contribution is 5.91. The van der Waals surface area contributed by atoms with E-state index >= 15 is 0 Å². The molecular weight excluding hydrogens is 482 g/mol. The monoisotopic (exact) mass is 511 g/mol. The topological polar surface area (TPSA) is 65.5 Å². The minimum absolute atomic E-state index is 0. The second kappa shape index (κ2) is 10.2. The van der Waals surface area contributed by atoms with Gasteiger partial charge in [-0.25, -0.2) is 9.78 Å². The quantitative estimate of drug-likeness (QED) is 0.215. The van der Waals surface area contributed by atoms with Gasteiger partial charge in [0.05, 0.1) is 12.5 Å². The van der Waals surface area contributed by atoms with Crippen LogP contribution in [0.15, 0.2) is 55.0 Å². The van der Waals surface area contributed by atoms with E-state index in [0.29, 0.717) is 6.54 Å². The minimum atomic E-state index is -0.940. The number of aromatic carboxylic acids is 1. The summed E-state index contributed by atoms with van der Waals surface area (Å²) in [6, 6.07) is 15.4. The van der Waals surface area contributed by atoms with E-state index in [1.165, 1.54) is 39.4 Å². The largest absolute Gasteiger partial charge is 1.00 e. The molecule has 2 aromatic carbocycles. The molecule has 1 N–H and O–H groups in total. The number of aryl methyl sites for hydroxylation is 2. The van der Waals surface area contributed by atoms with Gasteiger partial charge in [0.2, 0.25) is 11.0 Å². The Kier molecular flexibility index (Phi) is 7.58. The lowest BCUT2D eigenvalue weighted by Gasteiger charge is -2.15. The Hall–Kier alpha value is -3.13. The van der Waals surface area contributed by atoms with E-state index in [-0.39, 0.29) is 22.7 Å². The third kappa shape index (κ3) is 5.11. The SMILES string of the molecule is CN(C)c1ccc2cc3ccc(N(C)C)cc3[n+](CCCCn3cncc3C(=O)O)c2c1.[Br-]. The number of nitrogens with zero attached hydrogens (tertiary/aromatic N) is 5. The number of anilines is 2. The minimum Gasteiger partial charge on any atom is -1.00 e. The number of carboxylic acid groups (broad SMARTS) is 1. The van der Waals surface area contributed by atoms with Gasteiger partial charge in [-0.1, -0.05) is 0 Å². The summed E-state index contributed by atoms with van der Waals surface area (Å²) >= 11 is 0. The first kappa shape index (κ1) is 24.5. The third-order valence-corrected chi connectivity index (χ3v) is 5.92. The van der Waals surface area contributed by atoms with Crippen LogP contribution in [0.4, 0.5) is 11.4 Å². The maximum Gasteiger partial charge on any atom is 0.354 e. The van der Waals surface area contributed by atoms with Gasteiger partial charge in [0.15, 0.2) is 0 Å². The van der Waals surface area contributed by atoms with E-state index in [9.17, 15) is 9.90 Å². The Morgan fingerprint density at radius 1 is 0.939 bits per heavy atom. The van der Waals surface area contributed by atoms with Gasteiger partial charge >= 0.3 is 5.97 Å². The summed E-state index contributed by atoms with van der Waals surface area (Å²) in [4.78, 5) is 19.6. The fraction of sp³-hybridized carbons (Fsp3) is 0.320. The van der Waals surface area contributed by atoms with Crippen LogP contribution in [0, 0.1) is 0 Å². The number of pyridine rings is 1. The van der Waals surface area contributed by atoms with Crippen molar-refractivity contribution in [2.75, 3.05) is 38.0 Å². The average molecular weight is 512 g/mol. The fourth-order valence-corrected chi connectivity index (χ4v) is 4.10. The molecule has 0 atom stereocenters. The Balaban J connectivity index is 0.00000306. The standard InChI is InChI=1S/C25H29N5O2.BrH/c1-27(2)20-9-7-18-13-19-8-10-21(28(3)4)15-23(19)30(22(18)14-20)12-6-5-11-29-17-26-16-24(29)25(31)32;/h7-10,13-17H,5-6,11-12H2,1-4H3;1H. The van der Waals surface area contributed by atoms with Gasteiger partial charge in [0.25, 0.3) is 0 Å². The third-order valence-electron chi connectivity index (χ3n) is 5.92. The molecule has 0 bridgehead atoms. The van der Waals surface area contributed by atoms with E-state index < -0.39 is 5.97 Å². The van der Waals surface area contributed by atoms with E-state index in [1.54, 1.807) is 10.9 Å². The molecule has 2 heterocycles. The molecule has 33 heavy (non-hydrogen) atoms. The van der Waals surface area contributed by atoms with Crippen LogP contribution in [0.2, 0.25) is 0 Å². The summed E-state index contributed by atoms with van der Waals surface area (Å²) in [5.41, 5.74) is 4.97. The second-order valence-electron chi connectivity index (χ2n) is 8.56. The van der Waals surface area contributed by atoms with Crippen LogP contribution < -0.4 is 31.3 Å². The first-order valence-electron chi connectivity index (χ1n) is 10.8. The summed E-state index contributed by atoms with van der Waals surface area (Å²) in [5.74, 6) is -0.940. The number of carbonyl (C=O) groups is 1. The number of hydrogen-bond acceptors (Lipinski definition) is 4. The Labute approximate surface area is 204 Å². The summed E-state index contributed by atoms with van der Waals surface area (Å²) in [5, 5.41) is 11.7. The van der Waals surface area contributed by atoms with Crippen LogP contribution in [0.3, 0.4) is 0 Å². The highest BCUT2D eigenvalue weighted by Gasteiger charge is 2.18. The zero-order chi connectivity index (χ0) is 22.8. The Morgan fingerprint density at radius 2 is 1.52 bits per heavy atom. The number of rotatable bonds is 8. The molecule has 7 nitrogen and oxygen atoms in total. The van der Waals surface area contributed by atoms with E-state index in [1.807, 2.05) is 0 Å². The number of aromatic nitrogens is 3. The van der Waals surface area contributed by atoms with Crippen LogP contribution in [0.1, 0.15) is 23.3 Å². The number of hydrogen-bond donors (Lipinski definition) is 1. The number of unbranched alkanes of at least 4 members (excludes halogenated alkanes) is 1. The molecule has 0 amide bonds. The van der Waals surface area contributed by atoms with Crippen molar-refractivity contribution in [3.8, 4) is 0 Å². The molecule has 0 aliphatic rings. The maximum absolute atomic E-state index is 11.3. The molecule has 0 saturated heterocycles. The first-order chi connectivity index (χ1) is 15.3. The summed E-state index contributed by atoms with van der Waals surface area (Å²) < 4.78 is 4.11. The average Bonchev–Trinajstić information content (AvgIpc) is 3.24. The smallest absolute Gasteiger partial charge is 0.354 e. The van der Waals surface area contributed by atoms with Gasteiger partial charge < -0.3 is 36.5 Å². The van der Waals surface area contributed by atoms with Gasteiger partial charge in [-0.05, 0) is 36.8 Å². The van der Waals surface area contributed by atoms with Crippen LogP contribution in [-0.4, -0.2) is 48.8 Å². The normalized spacial score (nSPS) is 10.9. The van der Waals surface area contributed by atoms with Crippen molar-refractivity contribution in [2.45, 2.75) is 25.9 Å². The molecule has 0 aliphatic carbocycles. The molecular formula is C25H30BrN5O2. The van der Waals surface area contributed by atoms with Crippen LogP contribution in [-0.2, 0) is 13.1 Å². The van der Waals surface area contributed by atoms with E-state index in [2.05, 4.69) is 90.0 Å². The van der Waals surface area contributed by atoms with Gasteiger partial charge in [-0.3, -0.25) is 0 Å². The number of carboxylic acids is 1. The predicted molar refractivity (Wildman–Crippen MR) is 129 cm³/mol. The van der Waals surface area contributed by atoms with E-state index in [4.69, 9.17) is 0 Å². The van der Waals surface area contributed by atoms with Gasteiger partial charge in [0, 0.05) is 75.4 Å². The molecule has 0 fully saturated rings. The lowest BCUT2D eigenvalue weighted by atomic mass is 10.1. The number of halogens is 1. The number of imidazole rings is 1. The van der Waals surface area contributed by atoms with Crippen molar-refractivity contribution in [3.05, 3.63) is 60.7 Å². The summed E-state index contributed by atoms with van der Waals surface area (Å²) in [6.07, 6.45) is 4.79. The van der Waals surface area contributed by atoms with Gasteiger partial charge in [-0.2, -0.15) is 4.57 Å². The highest BCUT2D eigenvalue weighted by atomic mass is 79.9. The lowest BCUT2D eigenvalue weighted by Crippen LogP contribution is -3.00.